The third-order valence-electron chi connectivity index (χ3n) is 1.18. The van der Waals surface area contributed by atoms with E-state index in [0.29, 0.717) is 10.8 Å². The molecule has 1 rings (SSSR count). The van der Waals surface area contributed by atoms with E-state index in [2.05, 4.69) is 0 Å². The number of halogens is 2. The molecule has 0 aliphatic rings. The second-order valence-corrected chi connectivity index (χ2v) is 2.90. The van der Waals surface area contributed by atoms with E-state index in [4.69, 9.17) is 27.9 Å². The van der Waals surface area contributed by atoms with Crippen molar-refractivity contribution in [1.29, 1.82) is 0 Å². The standard InChI is InChI=1S/C8H6Cl2O2/c9-6-3-1-2-4-7(6)12-5-8(10)11/h1-4H,5H2. The van der Waals surface area contributed by atoms with E-state index in [0.717, 1.165) is 0 Å². The Labute approximate surface area is 80.0 Å². The maximum atomic E-state index is 10.3. The second-order valence-electron chi connectivity index (χ2n) is 2.07. The van der Waals surface area contributed by atoms with Gasteiger partial charge in [0, 0.05) is 0 Å². The van der Waals surface area contributed by atoms with Crippen molar-refractivity contribution in [2.45, 2.75) is 0 Å². The monoisotopic (exact) mass is 204 g/mol. The SMILES string of the molecule is O=C(Cl)COc1ccccc1Cl. The molecule has 4 heteroatoms. The van der Waals surface area contributed by atoms with Gasteiger partial charge in [-0.15, -0.1) is 0 Å². The average Bonchev–Trinajstić information content (AvgIpc) is 2.03. The summed E-state index contributed by atoms with van der Waals surface area (Å²) in [5.74, 6) is 0.466. The zero-order chi connectivity index (χ0) is 8.97. The molecule has 0 saturated carbocycles. The van der Waals surface area contributed by atoms with Crippen molar-refractivity contribution in [3.8, 4) is 5.75 Å². The fourth-order valence-corrected chi connectivity index (χ4v) is 0.941. The Bertz CT molecular complexity index is 286. The van der Waals surface area contributed by atoms with Gasteiger partial charge in [0.15, 0.2) is 6.61 Å². The van der Waals surface area contributed by atoms with E-state index < -0.39 is 5.24 Å². The summed E-state index contributed by atoms with van der Waals surface area (Å²) in [6.07, 6.45) is 0. The first kappa shape index (κ1) is 9.36. The number of rotatable bonds is 3. The van der Waals surface area contributed by atoms with Gasteiger partial charge in [0.05, 0.1) is 5.02 Å². The molecule has 0 heterocycles. The van der Waals surface area contributed by atoms with Crippen molar-refractivity contribution >= 4 is 28.4 Å². The molecule has 0 aliphatic carbocycles. The van der Waals surface area contributed by atoms with Gasteiger partial charge in [0.1, 0.15) is 5.75 Å². The number of hydrogen-bond donors (Lipinski definition) is 0. The summed E-state index contributed by atoms with van der Waals surface area (Å²) in [5.41, 5.74) is 0. The van der Waals surface area contributed by atoms with Crippen LogP contribution in [0.3, 0.4) is 0 Å². The molecule has 0 spiro atoms. The largest absolute Gasteiger partial charge is 0.483 e. The van der Waals surface area contributed by atoms with Gasteiger partial charge in [0.2, 0.25) is 0 Å². The van der Waals surface area contributed by atoms with Gasteiger partial charge in [-0.3, -0.25) is 4.79 Å². The summed E-state index contributed by atoms with van der Waals surface area (Å²) in [6.45, 7) is -0.161. The Hall–Kier alpha value is -0.730. The lowest BCUT2D eigenvalue weighted by molar-refractivity contribution is -0.113. The van der Waals surface area contributed by atoms with E-state index in [1.165, 1.54) is 0 Å². The van der Waals surface area contributed by atoms with Crippen LogP contribution in [0.5, 0.6) is 5.75 Å². The van der Waals surface area contributed by atoms with Crippen LogP contribution in [-0.2, 0) is 4.79 Å². The van der Waals surface area contributed by atoms with E-state index in [1.807, 2.05) is 0 Å². The Balaban J connectivity index is 2.63. The molecule has 0 aliphatic heterocycles. The Kier molecular flexibility index (Phi) is 3.38. The van der Waals surface area contributed by atoms with Crippen LogP contribution in [0.1, 0.15) is 0 Å². The lowest BCUT2D eigenvalue weighted by Gasteiger charge is -2.03. The number of carbonyl (C=O) groups excluding carboxylic acids is 1. The predicted molar refractivity (Wildman–Crippen MR) is 47.8 cm³/mol. The Morgan fingerprint density at radius 1 is 1.42 bits per heavy atom. The third-order valence-corrected chi connectivity index (χ3v) is 1.60. The molecule has 64 valence electrons. The molecule has 0 radical (unpaired) electrons. The fraction of sp³-hybridized carbons (Fsp3) is 0.125. The molecular weight excluding hydrogens is 199 g/mol. The summed E-state index contributed by atoms with van der Waals surface area (Å²) in [5, 5.41) is -0.0784. The van der Waals surface area contributed by atoms with E-state index >= 15 is 0 Å². The molecule has 12 heavy (non-hydrogen) atoms. The van der Waals surface area contributed by atoms with Crippen molar-refractivity contribution < 1.29 is 9.53 Å². The summed E-state index contributed by atoms with van der Waals surface area (Å²) < 4.78 is 4.98. The smallest absolute Gasteiger partial charge is 0.259 e. The van der Waals surface area contributed by atoms with Crippen LogP contribution in [0.15, 0.2) is 24.3 Å². The highest BCUT2D eigenvalue weighted by molar-refractivity contribution is 6.63. The number of carbonyl (C=O) groups is 1. The van der Waals surface area contributed by atoms with Gasteiger partial charge in [-0.1, -0.05) is 23.7 Å². The minimum Gasteiger partial charge on any atom is -0.483 e. The fourth-order valence-electron chi connectivity index (χ4n) is 0.696. The molecule has 0 bridgehead atoms. The normalized spacial score (nSPS) is 9.50. The quantitative estimate of drug-likeness (QED) is 0.708. The second kappa shape index (κ2) is 4.33. The molecule has 1 aromatic rings. The zero-order valence-corrected chi connectivity index (χ0v) is 7.60. The lowest BCUT2D eigenvalue weighted by Crippen LogP contribution is -2.04. The van der Waals surface area contributed by atoms with Crippen molar-refractivity contribution in [3.63, 3.8) is 0 Å². The molecule has 0 unspecified atom stereocenters. The van der Waals surface area contributed by atoms with Crippen LogP contribution < -0.4 is 4.74 Å². The number of para-hydroxylation sites is 1. The number of benzene rings is 1. The number of hydrogen-bond acceptors (Lipinski definition) is 2. The summed E-state index contributed by atoms with van der Waals surface area (Å²) in [6, 6.07) is 6.88. The van der Waals surface area contributed by atoms with E-state index in [9.17, 15) is 4.79 Å². The lowest BCUT2D eigenvalue weighted by atomic mass is 10.3. The van der Waals surface area contributed by atoms with Crippen molar-refractivity contribution in [2.24, 2.45) is 0 Å². The predicted octanol–water partition coefficient (Wildman–Crippen LogP) is 2.48. The van der Waals surface area contributed by atoms with Crippen molar-refractivity contribution in [2.75, 3.05) is 6.61 Å². The van der Waals surface area contributed by atoms with Gasteiger partial charge in [-0.2, -0.15) is 0 Å². The van der Waals surface area contributed by atoms with Gasteiger partial charge < -0.3 is 4.74 Å². The van der Waals surface area contributed by atoms with Crippen molar-refractivity contribution in [1.82, 2.24) is 0 Å². The van der Waals surface area contributed by atoms with Gasteiger partial charge in [-0.05, 0) is 23.7 Å². The molecule has 0 aromatic heterocycles. The molecule has 0 atom stereocenters. The summed E-state index contributed by atoms with van der Waals surface area (Å²) in [4.78, 5) is 10.3. The molecule has 0 amide bonds. The topological polar surface area (TPSA) is 26.3 Å². The summed E-state index contributed by atoms with van der Waals surface area (Å²) >= 11 is 10.8. The van der Waals surface area contributed by atoms with Crippen LogP contribution in [0.4, 0.5) is 0 Å². The van der Waals surface area contributed by atoms with Gasteiger partial charge in [-0.25, -0.2) is 0 Å². The van der Waals surface area contributed by atoms with Crippen LogP contribution in [0.2, 0.25) is 5.02 Å². The first-order valence-electron chi connectivity index (χ1n) is 3.26. The van der Waals surface area contributed by atoms with Gasteiger partial charge >= 0.3 is 0 Å². The van der Waals surface area contributed by atoms with E-state index in [-0.39, 0.29) is 6.61 Å². The minimum atomic E-state index is -0.546. The maximum absolute atomic E-state index is 10.3. The highest BCUT2D eigenvalue weighted by Gasteiger charge is 2.01. The maximum Gasteiger partial charge on any atom is 0.259 e. The molecule has 0 saturated heterocycles. The zero-order valence-electron chi connectivity index (χ0n) is 6.09. The molecule has 1 aromatic carbocycles. The van der Waals surface area contributed by atoms with E-state index in [1.54, 1.807) is 24.3 Å². The number of ether oxygens (including phenoxy) is 1. The Morgan fingerprint density at radius 2 is 2.08 bits per heavy atom. The third kappa shape index (κ3) is 2.72. The minimum absolute atomic E-state index is 0.161. The Morgan fingerprint density at radius 3 is 2.67 bits per heavy atom. The van der Waals surface area contributed by atoms with Gasteiger partial charge in [0.25, 0.3) is 5.24 Å². The highest BCUT2D eigenvalue weighted by Crippen LogP contribution is 2.22. The van der Waals surface area contributed by atoms with Crippen LogP contribution >= 0.6 is 23.2 Å². The van der Waals surface area contributed by atoms with Crippen LogP contribution in [0, 0.1) is 0 Å². The summed E-state index contributed by atoms with van der Waals surface area (Å²) in [7, 11) is 0. The first-order chi connectivity index (χ1) is 5.70. The molecular formula is C8H6Cl2O2. The molecule has 0 fully saturated rings. The van der Waals surface area contributed by atoms with Crippen LogP contribution in [-0.4, -0.2) is 11.8 Å². The average molecular weight is 205 g/mol. The highest BCUT2D eigenvalue weighted by atomic mass is 35.5. The van der Waals surface area contributed by atoms with Crippen LogP contribution in [0.25, 0.3) is 0 Å². The first-order valence-corrected chi connectivity index (χ1v) is 4.01. The molecule has 0 N–H and O–H groups in total. The molecule has 2 nitrogen and oxygen atoms in total. The van der Waals surface area contributed by atoms with Crippen molar-refractivity contribution in [3.05, 3.63) is 29.3 Å².